The number of fused-ring (bicyclic) bond motifs is 6. The van der Waals surface area contributed by atoms with Crippen LogP contribution < -0.4 is 4.90 Å². The fourth-order valence-electron chi connectivity index (χ4n) is 5.70. The van der Waals surface area contributed by atoms with Crippen molar-refractivity contribution < 1.29 is 4.74 Å². The summed E-state index contributed by atoms with van der Waals surface area (Å²) in [5.41, 5.74) is 8.59. The summed E-state index contributed by atoms with van der Waals surface area (Å²) in [4.78, 5) is 2.33. The van der Waals surface area contributed by atoms with Crippen molar-refractivity contribution >= 4 is 59.7 Å². The second-order valence-corrected chi connectivity index (χ2v) is 11.4. The zero-order chi connectivity index (χ0) is 24.2. The first kappa shape index (κ1) is 22.3. The molecule has 176 valence electrons. The molecule has 0 N–H and O–H groups in total. The van der Waals surface area contributed by atoms with E-state index < -0.39 is 0 Å². The molecule has 0 radical (unpaired) electrons. The molecular weight excluding hydrogens is 574 g/mol. The van der Waals surface area contributed by atoms with Gasteiger partial charge in [0.15, 0.2) is 0 Å². The van der Waals surface area contributed by atoms with Crippen LogP contribution in [0.2, 0.25) is 0 Å². The highest BCUT2D eigenvalue weighted by atomic mass is 79.9. The summed E-state index contributed by atoms with van der Waals surface area (Å²) in [5.74, 6) is 0. The van der Waals surface area contributed by atoms with E-state index in [4.69, 9.17) is 4.74 Å². The normalized spacial score (nSPS) is 17.9. The Kier molecular flexibility index (Phi) is 5.50. The maximum absolute atomic E-state index is 6.20. The number of rotatable bonds is 4. The summed E-state index contributed by atoms with van der Waals surface area (Å²) in [5, 5.41) is 2.49. The third-order valence-corrected chi connectivity index (χ3v) is 8.44. The molecule has 2 aliphatic heterocycles. The van der Waals surface area contributed by atoms with Gasteiger partial charge in [-0.3, -0.25) is 0 Å². The first-order valence-corrected chi connectivity index (χ1v) is 13.9. The van der Waals surface area contributed by atoms with Crippen molar-refractivity contribution in [2.24, 2.45) is 0 Å². The molecule has 7 rings (SSSR count). The maximum atomic E-state index is 6.20. The van der Waals surface area contributed by atoms with Crippen LogP contribution in [0.4, 0.5) is 17.1 Å². The van der Waals surface area contributed by atoms with Crippen molar-refractivity contribution in [3.8, 4) is 11.1 Å². The van der Waals surface area contributed by atoms with Gasteiger partial charge >= 0.3 is 0 Å². The second-order valence-electron chi connectivity index (χ2n) is 9.54. The van der Waals surface area contributed by atoms with Gasteiger partial charge in [0.25, 0.3) is 0 Å². The largest absolute Gasteiger partial charge is 0.366 e. The predicted molar refractivity (Wildman–Crippen MR) is 155 cm³/mol. The topological polar surface area (TPSA) is 12.5 Å². The van der Waals surface area contributed by atoms with E-state index in [1.165, 1.54) is 33.0 Å². The van der Waals surface area contributed by atoms with Crippen LogP contribution in [0.15, 0.2) is 112 Å². The van der Waals surface area contributed by atoms with Crippen molar-refractivity contribution in [2.75, 3.05) is 4.90 Å². The molecule has 1 fully saturated rings. The van der Waals surface area contributed by atoms with Gasteiger partial charge in [0, 0.05) is 26.0 Å². The molecule has 4 heteroatoms. The zero-order valence-corrected chi connectivity index (χ0v) is 22.7. The highest BCUT2D eigenvalue weighted by Gasteiger charge is 2.37. The van der Waals surface area contributed by atoms with Gasteiger partial charge in [0.05, 0.1) is 12.2 Å². The fraction of sp³-hybridized carbons (Fsp3) is 0.125. The van der Waals surface area contributed by atoms with E-state index in [9.17, 15) is 0 Å². The Morgan fingerprint density at radius 1 is 0.611 bits per heavy atom. The molecule has 5 aromatic carbocycles. The van der Waals surface area contributed by atoms with Crippen LogP contribution in [-0.4, -0.2) is 0 Å². The van der Waals surface area contributed by atoms with Crippen molar-refractivity contribution in [2.45, 2.75) is 25.0 Å². The molecule has 2 nitrogen and oxygen atoms in total. The average molecular weight is 597 g/mol. The summed E-state index contributed by atoms with van der Waals surface area (Å²) in [6.45, 7) is 0. The maximum Gasteiger partial charge on any atom is 0.0838 e. The Hall–Kier alpha value is -2.92. The summed E-state index contributed by atoms with van der Waals surface area (Å²) < 4.78 is 8.33. The average Bonchev–Trinajstić information content (AvgIpc) is 3.53. The molecule has 0 saturated carbocycles. The van der Waals surface area contributed by atoms with Gasteiger partial charge in [-0.15, -0.1) is 0 Å². The summed E-state index contributed by atoms with van der Waals surface area (Å²) in [7, 11) is 0. The Morgan fingerprint density at radius 3 is 1.94 bits per heavy atom. The van der Waals surface area contributed by atoms with Crippen LogP contribution in [0.1, 0.15) is 36.2 Å². The molecule has 0 aliphatic carbocycles. The van der Waals surface area contributed by atoms with Crippen LogP contribution >= 0.6 is 31.9 Å². The molecule has 2 unspecified atom stereocenters. The molecule has 1 saturated heterocycles. The number of ether oxygens (including phenoxy) is 1. The van der Waals surface area contributed by atoms with Gasteiger partial charge in [-0.1, -0.05) is 68.3 Å². The van der Waals surface area contributed by atoms with E-state index >= 15 is 0 Å². The highest BCUT2D eigenvalue weighted by molar-refractivity contribution is 9.10. The Morgan fingerprint density at radius 2 is 1.25 bits per heavy atom. The molecule has 2 aliphatic rings. The van der Waals surface area contributed by atoms with E-state index in [1.54, 1.807) is 0 Å². The van der Waals surface area contributed by atoms with Gasteiger partial charge in [0.1, 0.15) is 0 Å². The van der Waals surface area contributed by atoms with E-state index in [2.05, 4.69) is 140 Å². The molecule has 2 atom stereocenters. The molecule has 5 aromatic rings. The smallest absolute Gasteiger partial charge is 0.0838 e. The lowest BCUT2D eigenvalue weighted by atomic mass is 9.88. The lowest BCUT2D eigenvalue weighted by Gasteiger charge is -2.27. The van der Waals surface area contributed by atoms with Gasteiger partial charge in [0.2, 0.25) is 0 Å². The fourth-order valence-corrected chi connectivity index (χ4v) is 6.23. The number of halogens is 2. The lowest BCUT2D eigenvalue weighted by Crippen LogP contribution is -2.10. The molecular formula is C32H23Br2NO. The lowest BCUT2D eigenvalue weighted by molar-refractivity contribution is 0.0717. The zero-order valence-electron chi connectivity index (χ0n) is 19.5. The number of hydrogen-bond acceptors (Lipinski definition) is 2. The summed E-state index contributed by atoms with van der Waals surface area (Å²) >= 11 is 7.19. The van der Waals surface area contributed by atoms with Crippen LogP contribution in [-0.2, 0) is 4.74 Å². The minimum Gasteiger partial charge on any atom is -0.366 e. The molecule has 0 spiro atoms. The molecule has 0 amide bonds. The number of benzene rings is 5. The minimum absolute atomic E-state index is 0.251. The Bertz CT molecular complexity index is 1550. The van der Waals surface area contributed by atoms with Gasteiger partial charge in [-0.2, -0.15) is 0 Å². The minimum atomic E-state index is 0.251. The van der Waals surface area contributed by atoms with Crippen LogP contribution in [0, 0.1) is 0 Å². The summed E-state index contributed by atoms with van der Waals surface area (Å²) in [6.07, 6.45) is 2.81. The van der Waals surface area contributed by atoms with E-state index in [0.717, 1.165) is 38.8 Å². The predicted octanol–water partition coefficient (Wildman–Crippen LogP) is 10.4. The number of anilines is 3. The van der Waals surface area contributed by atoms with Crippen molar-refractivity contribution in [1.82, 2.24) is 0 Å². The molecule has 36 heavy (non-hydrogen) atoms. The number of nitrogens with zero attached hydrogens (tertiary/aromatic N) is 1. The van der Waals surface area contributed by atoms with E-state index in [-0.39, 0.29) is 12.2 Å². The second kappa shape index (κ2) is 8.88. The van der Waals surface area contributed by atoms with Crippen LogP contribution in [0.5, 0.6) is 0 Å². The van der Waals surface area contributed by atoms with Crippen molar-refractivity contribution in [1.29, 1.82) is 0 Å². The van der Waals surface area contributed by atoms with Gasteiger partial charge < -0.3 is 9.64 Å². The van der Waals surface area contributed by atoms with Gasteiger partial charge in [-0.25, -0.2) is 0 Å². The third-order valence-electron chi connectivity index (χ3n) is 7.39. The third kappa shape index (κ3) is 3.80. The quantitative estimate of drug-likeness (QED) is 0.204. The van der Waals surface area contributed by atoms with Crippen molar-refractivity contribution in [3.63, 3.8) is 0 Å². The van der Waals surface area contributed by atoms with E-state index in [1.807, 2.05) is 0 Å². The monoisotopic (exact) mass is 595 g/mol. The van der Waals surface area contributed by atoms with Crippen LogP contribution in [0.25, 0.3) is 21.9 Å². The standard InChI is InChI=1S/C32H23Br2NO/c33-22-6-10-24(11-7-22)35(25-12-8-23(34)9-13-25)26-17-20-3-1-2-4-27(20)29(19-26)21-5-14-28-30(18-21)32-16-15-31(28)36-32/h1-14,17-19,31-32H,15-16H2. The molecule has 2 bridgehead atoms. The van der Waals surface area contributed by atoms with E-state index in [0.29, 0.717) is 0 Å². The van der Waals surface area contributed by atoms with Crippen LogP contribution in [0.3, 0.4) is 0 Å². The van der Waals surface area contributed by atoms with Gasteiger partial charge in [-0.05, 0) is 113 Å². The highest BCUT2D eigenvalue weighted by Crippen LogP contribution is 2.51. The first-order valence-electron chi connectivity index (χ1n) is 12.3. The first-order chi connectivity index (χ1) is 17.6. The molecule has 2 heterocycles. The number of hydrogen-bond donors (Lipinski definition) is 0. The SMILES string of the molecule is Brc1ccc(N(c2ccc(Br)cc2)c2cc(-c3ccc4c(c3)C3CCC4O3)c3ccccc3c2)cc1. The summed E-state index contributed by atoms with van der Waals surface area (Å²) in [6, 6.07) is 37.3. The molecule has 0 aromatic heterocycles. The van der Waals surface area contributed by atoms with Crippen molar-refractivity contribution in [3.05, 3.63) is 123 Å². The Balaban J connectivity index is 1.44. The Labute approximate surface area is 227 Å².